The van der Waals surface area contributed by atoms with Crippen molar-refractivity contribution >= 4 is 35.8 Å². The number of esters is 6. The van der Waals surface area contributed by atoms with Crippen molar-refractivity contribution in [1.29, 1.82) is 0 Å². The fraction of sp³-hybridized carbons (Fsp3) is 0.677. The van der Waals surface area contributed by atoms with Crippen LogP contribution in [0.5, 0.6) is 23.0 Å². The van der Waals surface area contributed by atoms with E-state index in [4.69, 9.17) is 28.4 Å². The average molecular weight is 2010 g/mol. The number of carbonyl (C=O) groups is 6. The van der Waals surface area contributed by atoms with Crippen LogP contribution in [0.1, 0.15) is 477 Å². The zero-order chi connectivity index (χ0) is 106. The van der Waals surface area contributed by atoms with Crippen LogP contribution in [-0.4, -0.2) is 90.9 Å². The minimum Gasteiger partial charge on any atom is -0.508 e. The van der Waals surface area contributed by atoms with Crippen molar-refractivity contribution in [3.8, 4) is 23.0 Å². The van der Waals surface area contributed by atoms with Gasteiger partial charge in [-0.1, -0.05) is 229 Å². The van der Waals surface area contributed by atoms with E-state index in [9.17, 15) is 49.2 Å². The predicted octanol–water partition coefficient (Wildman–Crippen LogP) is 33.7. The molecule has 7 aliphatic carbocycles. The molecule has 6 aromatic rings. The molecule has 0 spiro atoms. The molecule has 0 saturated heterocycles. The molecule has 7 aliphatic rings. The van der Waals surface area contributed by atoms with E-state index in [2.05, 4.69) is 133 Å². The molecule has 0 heterocycles. The minimum absolute atomic E-state index is 0.00954. The predicted molar refractivity (Wildman–Crippen MR) is 591 cm³/mol. The Morgan fingerprint density at radius 2 is 0.575 bits per heavy atom. The highest BCUT2D eigenvalue weighted by Gasteiger charge is 2.57. The van der Waals surface area contributed by atoms with Gasteiger partial charge in [0.1, 0.15) is 57.6 Å². The SMILES string of the molecule is CCC(CCCC(CCCC(C)(C)C(=O)OC1(CC)CCCC1)c1ccccc1)c1ccc(O)cc1.CCC(CCCC(CCCC(C)C(=O)OC(C)(C)C)C(=O)OC1CC2CC1C1CCCC21)c1ccc(O)cc1.CCC(CCCC(CCCC(C)C(=O)OC(C)(C)C)C(=O)OC1CC2CC1C1CCCC21)c1ccc(O)cc1.CCC(CCCC(CCCC(C)C(=O)OC(C)(C)C)c1ccccc1)c1ccc(O)cc1. The molecule has 146 heavy (non-hydrogen) atoms. The summed E-state index contributed by atoms with van der Waals surface area (Å²) >= 11 is 0. The number of carbonyl (C=O) groups excluding carboxylic acids is 6. The number of aromatic hydroxyl groups is 4. The van der Waals surface area contributed by atoms with Crippen molar-refractivity contribution in [2.24, 2.45) is 82.3 Å². The van der Waals surface area contributed by atoms with Gasteiger partial charge in [-0.2, -0.15) is 0 Å². The number of ether oxygens (including phenoxy) is 6. The van der Waals surface area contributed by atoms with Crippen LogP contribution in [0, 0.1) is 82.3 Å². The van der Waals surface area contributed by atoms with E-state index in [1.807, 2.05) is 107 Å². The second-order valence-corrected chi connectivity index (χ2v) is 49.4. The number of phenols is 4. The number of benzene rings is 6. The Labute approximate surface area is 882 Å². The van der Waals surface area contributed by atoms with Crippen LogP contribution in [0.25, 0.3) is 0 Å². The second-order valence-electron chi connectivity index (χ2n) is 49.4. The molecule has 21 unspecified atom stereocenters. The molecule has 0 aromatic heterocycles. The standard InChI is InChI=1S/2C34H52O5.C33H48O3.C29H42O3/c2*1-6-23(24-16-18-27(35)19-17-24)11-8-13-25(12-7-10-22(2)32(36)39-34(3,4)5)33(37)38-31-21-26-20-30(31)29-15-9-14-28(26)29;1-5-26(29-19-21-30(34)22-20-29)16-12-17-28(27-14-8-7-9-15-27)18-13-23-32(3,4)31(35)36-33(6-2)24-10-11-25-33;1-6-23(26-18-20-27(30)21-19-26)15-11-17-25(24-13-8-7-9-14-24)16-10-12-22(2)28(31)32-29(3,4)5/h2*16-19,22-23,25-26,28-31,35H,6-15,20-21H2,1-5H3;7-9,14-15,19-22,26,28,34H,5-6,10-13,16-18,23-25H2,1-4H3;7-9,13-14,18-23,25,30H,6,10-12,15-17H2,1-5H3. The first-order chi connectivity index (χ1) is 69.6. The Morgan fingerprint density at radius 1 is 0.308 bits per heavy atom. The molecule has 4 N–H and O–H groups in total. The summed E-state index contributed by atoms with van der Waals surface area (Å²) in [6.45, 7) is 38.2. The van der Waals surface area contributed by atoms with Gasteiger partial charge >= 0.3 is 35.8 Å². The molecule has 13 rings (SSSR count). The molecule has 4 bridgehead atoms. The summed E-state index contributed by atoms with van der Waals surface area (Å²) in [6, 6.07) is 52.2. The van der Waals surface area contributed by atoms with Crippen LogP contribution in [0.3, 0.4) is 0 Å². The molecule has 0 radical (unpaired) electrons. The van der Waals surface area contributed by atoms with Gasteiger partial charge in [-0.25, -0.2) is 0 Å². The Morgan fingerprint density at radius 3 is 0.870 bits per heavy atom. The summed E-state index contributed by atoms with van der Waals surface area (Å²) in [5, 5.41) is 38.5. The summed E-state index contributed by atoms with van der Waals surface area (Å²) in [4.78, 5) is 77.5. The lowest BCUT2D eigenvalue weighted by atomic mass is 9.80. The highest BCUT2D eigenvalue weighted by molar-refractivity contribution is 5.77. The van der Waals surface area contributed by atoms with E-state index < -0.39 is 22.2 Å². The zero-order valence-electron chi connectivity index (χ0n) is 93.7. The van der Waals surface area contributed by atoms with Gasteiger partial charge in [0.05, 0.1) is 35.0 Å². The van der Waals surface area contributed by atoms with Gasteiger partial charge in [-0.3, -0.25) is 28.8 Å². The van der Waals surface area contributed by atoms with Crippen molar-refractivity contribution in [3.05, 3.63) is 191 Å². The third-order valence-electron chi connectivity index (χ3n) is 34.7. The van der Waals surface area contributed by atoms with Crippen LogP contribution in [-0.2, 0) is 57.2 Å². The lowest BCUT2D eigenvalue weighted by Crippen LogP contribution is -2.37. The third kappa shape index (κ3) is 37.8. The topological polar surface area (TPSA) is 239 Å². The zero-order valence-corrected chi connectivity index (χ0v) is 93.7. The fourth-order valence-electron chi connectivity index (χ4n) is 26.1. The van der Waals surface area contributed by atoms with Gasteiger partial charge in [-0.05, 0) is 453 Å². The first-order valence-electron chi connectivity index (χ1n) is 58.2. The highest BCUT2D eigenvalue weighted by atomic mass is 16.6. The normalized spacial score (nSPS) is 22.4. The summed E-state index contributed by atoms with van der Waals surface area (Å²) < 4.78 is 35.4. The number of hydrogen-bond donors (Lipinski definition) is 4. The van der Waals surface area contributed by atoms with Crippen molar-refractivity contribution in [2.75, 3.05) is 0 Å². The molecule has 16 heteroatoms. The molecule has 810 valence electrons. The van der Waals surface area contributed by atoms with Crippen molar-refractivity contribution in [1.82, 2.24) is 0 Å². The maximum Gasteiger partial charge on any atom is 0.312 e. The van der Waals surface area contributed by atoms with Gasteiger partial charge in [0, 0.05) is 0 Å². The van der Waals surface area contributed by atoms with E-state index in [0.717, 1.165) is 235 Å². The van der Waals surface area contributed by atoms with E-state index in [-0.39, 0.29) is 83.2 Å². The first-order valence-corrected chi connectivity index (χ1v) is 58.2. The first kappa shape index (κ1) is 119. The van der Waals surface area contributed by atoms with Gasteiger partial charge in [0.2, 0.25) is 0 Å². The number of rotatable bonds is 52. The minimum atomic E-state index is -0.482. The van der Waals surface area contributed by atoms with Crippen molar-refractivity contribution in [2.45, 2.75) is 478 Å². The monoisotopic (exact) mass is 2010 g/mol. The van der Waals surface area contributed by atoms with Crippen LogP contribution in [0.2, 0.25) is 0 Å². The van der Waals surface area contributed by atoms with Crippen LogP contribution in [0.15, 0.2) is 158 Å². The lowest BCUT2D eigenvalue weighted by Gasteiger charge is -2.33. The molecule has 0 amide bonds. The summed E-state index contributed by atoms with van der Waals surface area (Å²) in [6.07, 6.45) is 45.7. The van der Waals surface area contributed by atoms with E-state index in [1.54, 1.807) is 48.5 Å². The second kappa shape index (κ2) is 58.1. The highest BCUT2D eigenvalue weighted by Crippen LogP contribution is 2.61. The number of phenolic OH excluding ortho intramolecular Hbond substituents is 4. The van der Waals surface area contributed by atoms with Crippen LogP contribution >= 0.6 is 0 Å². The van der Waals surface area contributed by atoms with Gasteiger partial charge in [-0.15, -0.1) is 0 Å². The molecule has 6 aromatic carbocycles. The Hall–Kier alpha value is -8.66. The summed E-state index contributed by atoms with van der Waals surface area (Å²) in [5.74, 6) is 9.10. The fourth-order valence-corrected chi connectivity index (χ4v) is 26.1. The van der Waals surface area contributed by atoms with E-state index >= 15 is 0 Å². The van der Waals surface area contributed by atoms with Gasteiger partial charge in [0.15, 0.2) is 0 Å². The summed E-state index contributed by atoms with van der Waals surface area (Å²) in [5.41, 5.74) is 5.88. The van der Waals surface area contributed by atoms with Crippen molar-refractivity contribution < 1.29 is 77.6 Å². The van der Waals surface area contributed by atoms with Crippen LogP contribution < -0.4 is 0 Å². The molecule has 0 aliphatic heterocycles. The number of hydrogen-bond acceptors (Lipinski definition) is 16. The smallest absolute Gasteiger partial charge is 0.312 e. The quantitative estimate of drug-likeness (QED) is 0.0205. The van der Waals surface area contributed by atoms with Crippen LogP contribution in [0.4, 0.5) is 0 Å². The van der Waals surface area contributed by atoms with Gasteiger partial charge in [0.25, 0.3) is 0 Å². The maximum atomic E-state index is 13.6. The van der Waals surface area contributed by atoms with Gasteiger partial charge < -0.3 is 48.8 Å². The molecule has 7 saturated carbocycles. The van der Waals surface area contributed by atoms with E-state index in [1.165, 1.54) is 110 Å². The molecular formula is C130H194O16. The lowest BCUT2D eigenvalue weighted by molar-refractivity contribution is -0.171. The Bertz CT molecular complexity index is 4650. The average Bonchev–Trinajstić information content (AvgIpc) is 1.60. The third-order valence-corrected chi connectivity index (χ3v) is 34.7. The summed E-state index contributed by atoms with van der Waals surface area (Å²) in [7, 11) is 0. The molecule has 7 fully saturated rings. The Kier molecular flexibility index (Phi) is 47.4. The van der Waals surface area contributed by atoms with Crippen molar-refractivity contribution in [3.63, 3.8) is 0 Å². The molecular weight excluding hydrogens is 1820 g/mol. The number of fused-ring (bicyclic) bond motifs is 10. The maximum absolute atomic E-state index is 13.6. The molecule has 21 atom stereocenters. The largest absolute Gasteiger partial charge is 0.508 e. The van der Waals surface area contributed by atoms with E-state index in [0.29, 0.717) is 70.3 Å². The Balaban J connectivity index is 0.000000200. The molecule has 16 nitrogen and oxygen atoms in total.